The first-order valence-corrected chi connectivity index (χ1v) is 5.93. The number of hydrogen-bond acceptors (Lipinski definition) is 4. The van der Waals surface area contributed by atoms with Gasteiger partial charge in [-0.3, -0.25) is 4.79 Å². The molecule has 0 aliphatic carbocycles. The molecule has 0 unspecified atom stereocenters. The van der Waals surface area contributed by atoms with Gasteiger partial charge in [-0.1, -0.05) is 6.07 Å². The van der Waals surface area contributed by atoms with Gasteiger partial charge in [0.2, 0.25) is 0 Å². The highest BCUT2D eigenvalue weighted by Gasteiger charge is 2.01. The summed E-state index contributed by atoms with van der Waals surface area (Å²) in [7, 11) is 1.72. The second kappa shape index (κ2) is 4.94. The minimum absolute atomic E-state index is 0.0892. The average molecular weight is 235 g/mol. The molecular weight excluding hydrogens is 222 g/mol. The predicted molar refractivity (Wildman–Crippen MR) is 66.0 cm³/mol. The second-order valence-electron chi connectivity index (χ2n) is 3.45. The fourth-order valence-electron chi connectivity index (χ4n) is 1.38. The van der Waals surface area contributed by atoms with Gasteiger partial charge in [-0.15, -0.1) is 11.3 Å². The number of nitrogens with zero attached hydrogens (tertiary/aromatic N) is 2. The first-order valence-electron chi connectivity index (χ1n) is 5.05. The number of rotatable bonds is 4. The van der Waals surface area contributed by atoms with E-state index in [4.69, 9.17) is 0 Å². The Kier molecular flexibility index (Phi) is 3.36. The van der Waals surface area contributed by atoms with Crippen LogP contribution < -0.4 is 10.9 Å². The molecule has 0 amide bonds. The van der Waals surface area contributed by atoms with Crippen LogP contribution in [0.25, 0.3) is 0 Å². The van der Waals surface area contributed by atoms with Crippen molar-refractivity contribution in [3.63, 3.8) is 0 Å². The molecule has 0 atom stereocenters. The molecule has 1 N–H and O–H groups in total. The molecule has 0 aromatic carbocycles. The zero-order valence-electron chi connectivity index (χ0n) is 9.01. The van der Waals surface area contributed by atoms with E-state index in [9.17, 15) is 4.79 Å². The summed E-state index contributed by atoms with van der Waals surface area (Å²) < 4.78 is 1.51. The molecule has 2 aromatic heterocycles. The van der Waals surface area contributed by atoms with Crippen LogP contribution in [0.2, 0.25) is 0 Å². The van der Waals surface area contributed by atoms with Crippen LogP contribution in [0.3, 0.4) is 0 Å². The van der Waals surface area contributed by atoms with Gasteiger partial charge in [-0.2, -0.15) is 0 Å². The standard InChI is InChI=1S/C11H13N3OS/c1-14-7-6-13-10(11(14)15)12-5-4-9-3-2-8-16-9/h2-3,6-8H,4-5H2,1H3,(H,12,13). The fraction of sp³-hybridized carbons (Fsp3) is 0.273. The summed E-state index contributed by atoms with van der Waals surface area (Å²) in [5.41, 5.74) is -0.0892. The maximum Gasteiger partial charge on any atom is 0.293 e. The Bertz CT molecular complexity index is 504. The Morgan fingerprint density at radius 3 is 3.19 bits per heavy atom. The SMILES string of the molecule is Cn1ccnc(NCCc2cccs2)c1=O. The third-order valence-corrected chi connectivity index (χ3v) is 3.20. The molecule has 0 radical (unpaired) electrons. The summed E-state index contributed by atoms with van der Waals surface area (Å²) in [6.07, 6.45) is 4.18. The topological polar surface area (TPSA) is 46.9 Å². The number of aryl methyl sites for hydroxylation is 1. The minimum atomic E-state index is -0.0892. The van der Waals surface area contributed by atoms with Gasteiger partial charge in [0.25, 0.3) is 5.56 Å². The quantitative estimate of drug-likeness (QED) is 0.873. The highest BCUT2D eigenvalue weighted by Crippen LogP contribution is 2.08. The highest BCUT2D eigenvalue weighted by atomic mass is 32.1. The van der Waals surface area contributed by atoms with Crippen LogP contribution in [0.15, 0.2) is 34.7 Å². The van der Waals surface area contributed by atoms with Crippen molar-refractivity contribution in [2.75, 3.05) is 11.9 Å². The van der Waals surface area contributed by atoms with Gasteiger partial charge in [-0.05, 0) is 17.9 Å². The van der Waals surface area contributed by atoms with Crippen LogP contribution in [-0.2, 0) is 13.5 Å². The van der Waals surface area contributed by atoms with Gasteiger partial charge in [0.1, 0.15) is 0 Å². The summed E-state index contributed by atoms with van der Waals surface area (Å²) in [6, 6.07) is 4.11. The second-order valence-corrected chi connectivity index (χ2v) is 4.48. The van der Waals surface area contributed by atoms with Crippen LogP contribution in [-0.4, -0.2) is 16.1 Å². The number of aromatic nitrogens is 2. The third kappa shape index (κ3) is 2.49. The smallest absolute Gasteiger partial charge is 0.293 e. The minimum Gasteiger partial charge on any atom is -0.365 e. The van der Waals surface area contributed by atoms with Crippen molar-refractivity contribution in [3.05, 3.63) is 45.1 Å². The summed E-state index contributed by atoms with van der Waals surface area (Å²) in [5, 5.41) is 5.10. The number of anilines is 1. The maximum absolute atomic E-state index is 11.6. The van der Waals surface area contributed by atoms with E-state index in [0.29, 0.717) is 5.82 Å². The predicted octanol–water partition coefficient (Wildman–Crippen LogP) is 1.50. The number of thiophene rings is 1. The van der Waals surface area contributed by atoms with Crippen LogP contribution in [0.4, 0.5) is 5.82 Å². The molecule has 5 heteroatoms. The Labute approximate surface area is 97.6 Å². The van der Waals surface area contributed by atoms with E-state index < -0.39 is 0 Å². The Morgan fingerprint density at radius 2 is 2.44 bits per heavy atom. The molecule has 4 nitrogen and oxygen atoms in total. The van der Waals surface area contributed by atoms with E-state index >= 15 is 0 Å². The molecule has 0 saturated carbocycles. The van der Waals surface area contributed by atoms with E-state index in [2.05, 4.69) is 21.7 Å². The summed E-state index contributed by atoms with van der Waals surface area (Å²) in [6.45, 7) is 0.729. The third-order valence-electron chi connectivity index (χ3n) is 2.26. The highest BCUT2D eigenvalue weighted by molar-refractivity contribution is 7.09. The Morgan fingerprint density at radius 1 is 1.56 bits per heavy atom. The lowest BCUT2D eigenvalue weighted by Crippen LogP contribution is -2.22. The molecule has 0 aliphatic rings. The van der Waals surface area contributed by atoms with Crippen LogP contribution in [0.1, 0.15) is 4.88 Å². The average Bonchev–Trinajstić information content (AvgIpc) is 2.77. The molecule has 84 valence electrons. The van der Waals surface area contributed by atoms with Gasteiger partial charge in [0.05, 0.1) is 0 Å². The van der Waals surface area contributed by atoms with E-state index in [1.54, 1.807) is 30.8 Å². The van der Waals surface area contributed by atoms with Crippen molar-refractivity contribution in [2.24, 2.45) is 7.05 Å². The molecule has 2 heterocycles. The van der Waals surface area contributed by atoms with E-state index in [0.717, 1.165) is 13.0 Å². The summed E-state index contributed by atoms with van der Waals surface area (Å²) in [4.78, 5) is 16.9. The zero-order valence-corrected chi connectivity index (χ0v) is 9.83. The molecule has 0 bridgehead atoms. The number of nitrogens with one attached hydrogen (secondary N) is 1. The fourth-order valence-corrected chi connectivity index (χ4v) is 2.09. The molecule has 0 aliphatic heterocycles. The largest absolute Gasteiger partial charge is 0.365 e. The van der Waals surface area contributed by atoms with E-state index in [1.165, 1.54) is 9.44 Å². The zero-order chi connectivity index (χ0) is 11.4. The van der Waals surface area contributed by atoms with Gasteiger partial charge < -0.3 is 9.88 Å². The van der Waals surface area contributed by atoms with Crippen molar-refractivity contribution in [2.45, 2.75) is 6.42 Å². The van der Waals surface area contributed by atoms with Crippen molar-refractivity contribution in [3.8, 4) is 0 Å². The van der Waals surface area contributed by atoms with Crippen molar-refractivity contribution < 1.29 is 0 Å². The molecule has 16 heavy (non-hydrogen) atoms. The molecule has 2 rings (SSSR count). The molecule has 0 fully saturated rings. The van der Waals surface area contributed by atoms with E-state index in [1.807, 2.05) is 6.07 Å². The lowest BCUT2D eigenvalue weighted by molar-refractivity contribution is 0.838. The number of hydrogen-bond donors (Lipinski definition) is 1. The molecular formula is C11H13N3OS. The van der Waals surface area contributed by atoms with Gasteiger partial charge in [0.15, 0.2) is 5.82 Å². The van der Waals surface area contributed by atoms with Gasteiger partial charge in [0, 0.05) is 30.9 Å². The monoisotopic (exact) mass is 235 g/mol. The van der Waals surface area contributed by atoms with Gasteiger partial charge in [-0.25, -0.2) is 4.98 Å². The normalized spacial score (nSPS) is 10.3. The van der Waals surface area contributed by atoms with Crippen molar-refractivity contribution >= 4 is 17.2 Å². The lowest BCUT2D eigenvalue weighted by Gasteiger charge is -2.04. The van der Waals surface area contributed by atoms with Crippen molar-refractivity contribution in [1.82, 2.24) is 9.55 Å². The van der Waals surface area contributed by atoms with E-state index in [-0.39, 0.29) is 5.56 Å². The molecule has 0 spiro atoms. The lowest BCUT2D eigenvalue weighted by atomic mass is 10.3. The Hall–Kier alpha value is -1.62. The first-order chi connectivity index (χ1) is 7.77. The van der Waals surface area contributed by atoms with Crippen molar-refractivity contribution in [1.29, 1.82) is 0 Å². The van der Waals surface area contributed by atoms with Crippen LogP contribution in [0, 0.1) is 0 Å². The maximum atomic E-state index is 11.6. The molecule has 2 aromatic rings. The van der Waals surface area contributed by atoms with Crippen LogP contribution in [0.5, 0.6) is 0 Å². The van der Waals surface area contributed by atoms with Gasteiger partial charge >= 0.3 is 0 Å². The Balaban J connectivity index is 1.95. The summed E-state index contributed by atoms with van der Waals surface area (Å²) in [5.74, 6) is 0.418. The summed E-state index contributed by atoms with van der Waals surface area (Å²) >= 11 is 1.72. The molecule has 0 saturated heterocycles. The van der Waals surface area contributed by atoms with Crippen LogP contribution >= 0.6 is 11.3 Å². The first kappa shape index (κ1) is 10.9.